The minimum absolute atomic E-state index is 0.101. The van der Waals surface area contributed by atoms with E-state index in [1.807, 2.05) is 24.3 Å². The molecule has 1 unspecified atom stereocenters. The van der Waals surface area contributed by atoms with Crippen LogP contribution in [0.2, 0.25) is 5.02 Å². The van der Waals surface area contributed by atoms with Gasteiger partial charge in [0, 0.05) is 11.1 Å². The van der Waals surface area contributed by atoms with Crippen LogP contribution in [0.3, 0.4) is 0 Å². The van der Waals surface area contributed by atoms with Gasteiger partial charge in [0.1, 0.15) is 0 Å². The zero-order valence-electron chi connectivity index (χ0n) is 11.7. The Balaban J connectivity index is 2.32. The minimum Gasteiger partial charge on any atom is -0.324 e. The Morgan fingerprint density at radius 2 is 1.67 bits per heavy atom. The Labute approximate surface area is 116 Å². The van der Waals surface area contributed by atoms with Crippen LogP contribution in [-0.2, 0) is 0 Å². The summed E-state index contributed by atoms with van der Waals surface area (Å²) in [6.45, 7) is 6.70. The predicted octanol–water partition coefficient (Wildman–Crippen LogP) is 3.71. The number of hydrogen-bond donors (Lipinski definition) is 1. The van der Waals surface area contributed by atoms with Crippen molar-refractivity contribution in [1.82, 2.24) is 4.90 Å². The molecule has 0 aromatic heterocycles. The molecule has 1 atom stereocenters. The first-order chi connectivity index (χ1) is 8.49. The SMILES string of the molecule is CC(C)CCN(C)CCC(N)c1ccc(Cl)cc1. The van der Waals surface area contributed by atoms with Crippen molar-refractivity contribution in [2.24, 2.45) is 11.7 Å². The van der Waals surface area contributed by atoms with Crippen molar-refractivity contribution in [3.63, 3.8) is 0 Å². The second-order valence-electron chi connectivity index (χ2n) is 5.43. The van der Waals surface area contributed by atoms with E-state index in [0.717, 1.165) is 36.0 Å². The van der Waals surface area contributed by atoms with Crippen molar-refractivity contribution in [2.45, 2.75) is 32.7 Å². The van der Waals surface area contributed by atoms with Crippen molar-refractivity contribution in [1.29, 1.82) is 0 Å². The van der Waals surface area contributed by atoms with Gasteiger partial charge in [0.2, 0.25) is 0 Å². The van der Waals surface area contributed by atoms with Crippen LogP contribution in [0.15, 0.2) is 24.3 Å². The third-order valence-corrected chi connectivity index (χ3v) is 3.46. The Morgan fingerprint density at radius 1 is 1.11 bits per heavy atom. The summed E-state index contributed by atoms with van der Waals surface area (Å²) in [6.07, 6.45) is 2.23. The van der Waals surface area contributed by atoms with Crippen LogP contribution in [0.4, 0.5) is 0 Å². The van der Waals surface area contributed by atoms with E-state index in [1.165, 1.54) is 6.42 Å². The molecule has 0 aliphatic heterocycles. The maximum absolute atomic E-state index is 6.18. The van der Waals surface area contributed by atoms with E-state index < -0.39 is 0 Å². The summed E-state index contributed by atoms with van der Waals surface area (Å²) in [5.74, 6) is 0.761. The third-order valence-electron chi connectivity index (χ3n) is 3.21. The van der Waals surface area contributed by atoms with Crippen molar-refractivity contribution < 1.29 is 0 Å². The molecule has 3 heteroatoms. The standard InChI is InChI=1S/C15H25ClN2/c1-12(2)8-10-18(3)11-9-15(17)13-4-6-14(16)7-5-13/h4-7,12,15H,8-11,17H2,1-3H3. The lowest BCUT2D eigenvalue weighted by Gasteiger charge is -2.20. The summed E-state index contributed by atoms with van der Waals surface area (Å²) in [4.78, 5) is 2.36. The Kier molecular flexibility index (Phi) is 6.69. The second kappa shape index (κ2) is 7.78. The highest BCUT2D eigenvalue weighted by Gasteiger charge is 2.08. The van der Waals surface area contributed by atoms with E-state index in [4.69, 9.17) is 17.3 Å². The molecule has 18 heavy (non-hydrogen) atoms. The van der Waals surface area contributed by atoms with Crippen LogP contribution in [-0.4, -0.2) is 25.0 Å². The first kappa shape index (κ1) is 15.5. The van der Waals surface area contributed by atoms with Gasteiger partial charge < -0.3 is 10.6 Å². The van der Waals surface area contributed by atoms with Gasteiger partial charge in [-0.1, -0.05) is 37.6 Å². The minimum atomic E-state index is 0.101. The highest BCUT2D eigenvalue weighted by atomic mass is 35.5. The average Bonchev–Trinajstić information content (AvgIpc) is 2.34. The van der Waals surface area contributed by atoms with Gasteiger partial charge in [0.05, 0.1) is 0 Å². The van der Waals surface area contributed by atoms with Gasteiger partial charge in [-0.3, -0.25) is 0 Å². The molecular weight excluding hydrogens is 244 g/mol. The van der Waals surface area contributed by atoms with Crippen LogP contribution in [0.25, 0.3) is 0 Å². The third kappa shape index (κ3) is 5.85. The van der Waals surface area contributed by atoms with Gasteiger partial charge >= 0.3 is 0 Å². The molecule has 0 heterocycles. The molecule has 0 aliphatic rings. The van der Waals surface area contributed by atoms with Crippen molar-refractivity contribution in [3.05, 3.63) is 34.9 Å². The van der Waals surface area contributed by atoms with E-state index in [0.29, 0.717) is 0 Å². The lowest BCUT2D eigenvalue weighted by Crippen LogP contribution is -2.25. The molecule has 2 nitrogen and oxygen atoms in total. The van der Waals surface area contributed by atoms with Gasteiger partial charge in [-0.05, 0) is 56.6 Å². The molecule has 0 bridgehead atoms. The highest BCUT2D eigenvalue weighted by Crippen LogP contribution is 2.17. The molecule has 1 aromatic rings. The molecule has 1 aromatic carbocycles. The lowest BCUT2D eigenvalue weighted by molar-refractivity contribution is 0.298. The normalized spacial score (nSPS) is 13.3. The number of benzene rings is 1. The smallest absolute Gasteiger partial charge is 0.0406 e. The number of rotatable bonds is 7. The molecule has 0 amide bonds. The van der Waals surface area contributed by atoms with E-state index in [1.54, 1.807) is 0 Å². The van der Waals surface area contributed by atoms with Crippen LogP contribution in [0.1, 0.15) is 38.3 Å². The molecule has 2 N–H and O–H groups in total. The molecule has 102 valence electrons. The van der Waals surface area contributed by atoms with Crippen LogP contribution < -0.4 is 5.73 Å². The van der Waals surface area contributed by atoms with Crippen LogP contribution >= 0.6 is 11.6 Å². The molecule has 1 rings (SSSR count). The Morgan fingerprint density at radius 3 is 2.22 bits per heavy atom. The Hall–Kier alpha value is -0.570. The predicted molar refractivity (Wildman–Crippen MR) is 79.9 cm³/mol. The van der Waals surface area contributed by atoms with Gasteiger partial charge in [-0.25, -0.2) is 0 Å². The molecule has 0 radical (unpaired) electrons. The average molecular weight is 269 g/mol. The first-order valence-corrected chi connectivity index (χ1v) is 7.06. The second-order valence-corrected chi connectivity index (χ2v) is 5.87. The van der Waals surface area contributed by atoms with Gasteiger partial charge in [-0.2, -0.15) is 0 Å². The maximum Gasteiger partial charge on any atom is 0.0406 e. The number of nitrogens with zero attached hydrogens (tertiary/aromatic N) is 1. The lowest BCUT2D eigenvalue weighted by atomic mass is 10.0. The maximum atomic E-state index is 6.18. The summed E-state index contributed by atoms with van der Waals surface area (Å²) in [7, 11) is 2.16. The van der Waals surface area contributed by atoms with Crippen LogP contribution in [0, 0.1) is 5.92 Å². The van der Waals surface area contributed by atoms with E-state index in [-0.39, 0.29) is 6.04 Å². The van der Waals surface area contributed by atoms with Gasteiger partial charge in [-0.15, -0.1) is 0 Å². The monoisotopic (exact) mass is 268 g/mol. The van der Waals surface area contributed by atoms with E-state index >= 15 is 0 Å². The largest absolute Gasteiger partial charge is 0.324 e. The van der Waals surface area contributed by atoms with Crippen molar-refractivity contribution in [3.8, 4) is 0 Å². The summed E-state index contributed by atoms with van der Waals surface area (Å²) in [6, 6.07) is 7.93. The summed E-state index contributed by atoms with van der Waals surface area (Å²) in [5, 5.41) is 0.764. The molecule has 0 saturated heterocycles. The molecule has 0 aliphatic carbocycles. The molecule has 0 fully saturated rings. The van der Waals surface area contributed by atoms with E-state index in [2.05, 4.69) is 25.8 Å². The fourth-order valence-corrected chi connectivity index (χ4v) is 1.95. The highest BCUT2D eigenvalue weighted by molar-refractivity contribution is 6.30. The topological polar surface area (TPSA) is 29.3 Å². The van der Waals surface area contributed by atoms with Crippen molar-refractivity contribution in [2.75, 3.05) is 20.1 Å². The molecular formula is C15H25ClN2. The number of halogens is 1. The van der Waals surface area contributed by atoms with Gasteiger partial charge in [0.25, 0.3) is 0 Å². The zero-order valence-corrected chi connectivity index (χ0v) is 12.5. The Bertz CT molecular complexity index is 335. The van der Waals surface area contributed by atoms with Gasteiger partial charge in [0.15, 0.2) is 0 Å². The summed E-state index contributed by atoms with van der Waals surface area (Å²) in [5.41, 5.74) is 7.34. The van der Waals surface area contributed by atoms with Crippen LogP contribution in [0.5, 0.6) is 0 Å². The number of nitrogens with two attached hydrogens (primary N) is 1. The molecule has 0 saturated carbocycles. The zero-order chi connectivity index (χ0) is 13.5. The summed E-state index contributed by atoms with van der Waals surface area (Å²) >= 11 is 5.87. The number of hydrogen-bond acceptors (Lipinski definition) is 2. The summed E-state index contributed by atoms with van der Waals surface area (Å²) < 4.78 is 0. The van der Waals surface area contributed by atoms with Crippen molar-refractivity contribution >= 4 is 11.6 Å². The van der Waals surface area contributed by atoms with E-state index in [9.17, 15) is 0 Å². The first-order valence-electron chi connectivity index (χ1n) is 6.68. The fourth-order valence-electron chi connectivity index (χ4n) is 1.83. The quantitative estimate of drug-likeness (QED) is 0.817. The molecule has 0 spiro atoms. The fraction of sp³-hybridized carbons (Fsp3) is 0.600.